The van der Waals surface area contributed by atoms with Crippen LogP contribution in [0.5, 0.6) is 5.75 Å². The summed E-state index contributed by atoms with van der Waals surface area (Å²) in [6, 6.07) is 4.53. The van der Waals surface area contributed by atoms with Gasteiger partial charge >= 0.3 is 0 Å². The lowest BCUT2D eigenvalue weighted by Crippen LogP contribution is -1.85. The van der Waals surface area contributed by atoms with Gasteiger partial charge in [-0.1, -0.05) is 11.6 Å². The predicted molar refractivity (Wildman–Crippen MR) is 42.7 cm³/mol. The first-order chi connectivity index (χ1) is 5.95. The van der Waals surface area contributed by atoms with Crippen molar-refractivity contribution in [3.05, 3.63) is 28.8 Å². The zero-order valence-corrected chi connectivity index (χ0v) is 6.27. The lowest BCUT2D eigenvalue weighted by molar-refractivity contribution is 0.411. The molecule has 0 heterocycles. The molecule has 0 aliphatic rings. The van der Waals surface area contributed by atoms with Gasteiger partial charge in [0.05, 0.1) is 7.11 Å². The first-order valence-electron chi connectivity index (χ1n) is 4.29. The van der Waals surface area contributed by atoms with Crippen molar-refractivity contribution in [2.75, 3.05) is 7.11 Å². The van der Waals surface area contributed by atoms with Crippen LogP contribution in [0.4, 0.5) is 0 Å². The molecule has 0 radical (unpaired) electrons. The quantitative estimate of drug-likeness (QED) is 0.612. The molecule has 2 heteroatoms. The van der Waals surface area contributed by atoms with Crippen molar-refractivity contribution in [2.24, 2.45) is 0 Å². The molecular formula is C8H9ClO. The van der Waals surface area contributed by atoms with Crippen LogP contribution >= 0.6 is 11.6 Å². The Labute approximate surface area is 69.8 Å². The average Bonchev–Trinajstić information content (AvgIpc) is 2.03. The van der Waals surface area contributed by atoms with Crippen molar-refractivity contribution >= 4 is 11.6 Å². The van der Waals surface area contributed by atoms with Gasteiger partial charge < -0.3 is 4.74 Å². The molecule has 0 aliphatic heterocycles. The Bertz CT molecular complexity index is 309. The Morgan fingerprint density at radius 1 is 1.60 bits per heavy atom. The second kappa shape index (κ2) is 2.93. The normalized spacial score (nSPS) is 15.2. The molecule has 0 N–H and O–H groups in total. The van der Waals surface area contributed by atoms with E-state index in [-0.39, 0.29) is 5.56 Å². The summed E-state index contributed by atoms with van der Waals surface area (Å²) in [7, 11) is 1.43. The molecule has 0 saturated carbocycles. The molecule has 10 heavy (non-hydrogen) atoms. The van der Waals surface area contributed by atoms with Gasteiger partial charge in [0.25, 0.3) is 0 Å². The molecule has 1 aromatic carbocycles. The zero-order valence-electron chi connectivity index (χ0n) is 8.52. The Kier molecular flexibility index (Phi) is 1.24. The topological polar surface area (TPSA) is 9.23 Å². The third-order valence-corrected chi connectivity index (χ3v) is 1.40. The van der Waals surface area contributed by atoms with Gasteiger partial charge in [-0.05, 0) is 30.6 Å². The highest BCUT2D eigenvalue weighted by Gasteiger charge is 1.95. The van der Waals surface area contributed by atoms with Crippen LogP contribution in [0.1, 0.15) is 9.68 Å². The molecule has 0 saturated heterocycles. The van der Waals surface area contributed by atoms with E-state index in [2.05, 4.69) is 0 Å². The number of aryl methyl sites for hydroxylation is 1. The fraction of sp³-hybridized carbons (Fsp3) is 0.250. The van der Waals surface area contributed by atoms with Crippen LogP contribution in [0.15, 0.2) is 18.2 Å². The summed E-state index contributed by atoms with van der Waals surface area (Å²) in [5, 5.41) is 0.395. The Balaban J connectivity index is 3.24. The summed E-state index contributed by atoms with van der Waals surface area (Å²) >= 11 is 5.67. The number of methoxy groups -OCH3 is 1. The van der Waals surface area contributed by atoms with Crippen LogP contribution in [0.2, 0.25) is 5.02 Å². The van der Waals surface area contributed by atoms with E-state index in [9.17, 15) is 0 Å². The molecule has 0 fully saturated rings. The first-order valence-corrected chi connectivity index (χ1v) is 3.17. The maximum atomic E-state index is 7.21. The molecule has 54 valence electrons. The number of halogens is 1. The smallest absolute Gasteiger partial charge is 0.121 e. The van der Waals surface area contributed by atoms with Crippen LogP contribution in [-0.2, 0) is 0 Å². The molecule has 1 rings (SSSR count). The lowest BCUT2D eigenvalue weighted by Gasteiger charge is -2.02. The fourth-order valence-electron chi connectivity index (χ4n) is 0.680. The maximum Gasteiger partial charge on any atom is 0.121 e. The van der Waals surface area contributed by atoms with Crippen molar-refractivity contribution in [3.63, 3.8) is 0 Å². The van der Waals surface area contributed by atoms with E-state index < -0.39 is 6.85 Å². The molecule has 0 bridgehead atoms. The van der Waals surface area contributed by atoms with Crippen LogP contribution in [0, 0.1) is 6.85 Å². The van der Waals surface area contributed by atoms with E-state index in [0.717, 1.165) is 0 Å². The molecule has 1 aromatic rings. The van der Waals surface area contributed by atoms with Crippen molar-refractivity contribution in [3.8, 4) is 5.75 Å². The number of ether oxygens (including phenoxy) is 1. The zero-order chi connectivity index (χ0) is 10.1. The van der Waals surface area contributed by atoms with Crippen LogP contribution in [0.25, 0.3) is 0 Å². The lowest BCUT2D eigenvalue weighted by atomic mass is 10.2. The standard InChI is InChI=1S/C8H9ClO/c1-6-5-7(9)3-4-8(6)10-2/h3-5H,1-2H3/i1D3. The summed E-state index contributed by atoms with van der Waals surface area (Å²) in [5.41, 5.74) is 0.141. The third-order valence-electron chi connectivity index (χ3n) is 1.16. The largest absolute Gasteiger partial charge is 0.496 e. The number of hydrogen-bond acceptors (Lipinski definition) is 1. The minimum absolute atomic E-state index is 0.141. The minimum Gasteiger partial charge on any atom is -0.496 e. The molecule has 1 nitrogen and oxygen atoms in total. The van der Waals surface area contributed by atoms with E-state index in [1.54, 1.807) is 12.1 Å². The van der Waals surface area contributed by atoms with E-state index in [0.29, 0.717) is 10.8 Å². The van der Waals surface area contributed by atoms with Crippen molar-refractivity contribution in [2.45, 2.75) is 6.85 Å². The van der Waals surface area contributed by atoms with Gasteiger partial charge in [-0.15, -0.1) is 0 Å². The summed E-state index contributed by atoms with van der Waals surface area (Å²) in [6.45, 7) is -2.18. The van der Waals surface area contributed by atoms with Gasteiger partial charge in [-0.3, -0.25) is 0 Å². The van der Waals surface area contributed by atoms with E-state index in [4.69, 9.17) is 20.5 Å². The number of hydrogen-bond donors (Lipinski definition) is 0. The van der Waals surface area contributed by atoms with Crippen LogP contribution < -0.4 is 4.74 Å². The number of rotatable bonds is 1. The summed E-state index contributed by atoms with van der Waals surface area (Å²) < 4.78 is 26.5. The molecule has 0 unspecified atom stereocenters. The highest BCUT2D eigenvalue weighted by molar-refractivity contribution is 6.30. The van der Waals surface area contributed by atoms with Crippen molar-refractivity contribution in [1.29, 1.82) is 0 Å². The predicted octanol–water partition coefficient (Wildman–Crippen LogP) is 2.66. The Morgan fingerprint density at radius 3 is 3.00 bits per heavy atom. The molecule has 0 atom stereocenters. The van der Waals surface area contributed by atoms with Crippen LogP contribution in [-0.4, -0.2) is 7.11 Å². The second-order valence-corrected chi connectivity index (χ2v) is 2.28. The summed E-state index contributed by atoms with van der Waals surface area (Å²) in [5.74, 6) is 0.337. The minimum atomic E-state index is -2.18. The highest BCUT2D eigenvalue weighted by atomic mass is 35.5. The van der Waals surface area contributed by atoms with Gasteiger partial charge in [0.2, 0.25) is 0 Å². The second-order valence-electron chi connectivity index (χ2n) is 1.84. The van der Waals surface area contributed by atoms with Gasteiger partial charge in [0, 0.05) is 9.13 Å². The van der Waals surface area contributed by atoms with Crippen LogP contribution in [0.3, 0.4) is 0 Å². The van der Waals surface area contributed by atoms with E-state index in [1.807, 2.05) is 0 Å². The third kappa shape index (κ3) is 1.42. The van der Waals surface area contributed by atoms with E-state index >= 15 is 0 Å². The van der Waals surface area contributed by atoms with Gasteiger partial charge in [-0.25, -0.2) is 0 Å². The molecule has 0 aliphatic carbocycles. The maximum absolute atomic E-state index is 7.21. The Morgan fingerprint density at radius 2 is 2.40 bits per heavy atom. The molecule has 0 aromatic heterocycles. The summed E-state index contributed by atoms with van der Waals surface area (Å²) in [4.78, 5) is 0. The molecule has 0 spiro atoms. The SMILES string of the molecule is [2H]C([2H])([2H])c1cc(Cl)ccc1OC. The highest BCUT2D eigenvalue weighted by Crippen LogP contribution is 2.20. The van der Waals surface area contributed by atoms with Crippen molar-refractivity contribution < 1.29 is 8.85 Å². The number of benzene rings is 1. The van der Waals surface area contributed by atoms with Gasteiger partial charge in [0.1, 0.15) is 5.75 Å². The van der Waals surface area contributed by atoms with Crippen molar-refractivity contribution in [1.82, 2.24) is 0 Å². The van der Waals surface area contributed by atoms with Gasteiger partial charge in [0.15, 0.2) is 0 Å². The van der Waals surface area contributed by atoms with Gasteiger partial charge in [-0.2, -0.15) is 0 Å². The fourth-order valence-corrected chi connectivity index (χ4v) is 0.852. The monoisotopic (exact) mass is 159 g/mol. The average molecular weight is 160 g/mol. The van der Waals surface area contributed by atoms with E-state index in [1.165, 1.54) is 13.2 Å². The first kappa shape index (κ1) is 4.24. The Hall–Kier alpha value is -0.690. The molecular weight excluding hydrogens is 148 g/mol. The summed E-state index contributed by atoms with van der Waals surface area (Å²) in [6.07, 6.45) is 0. The molecule has 0 amide bonds.